The molecule has 2 aliphatic rings. The van der Waals surface area contributed by atoms with E-state index in [4.69, 9.17) is 50.0 Å². The average molecular weight is 377 g/mol. The van der Waals surface area contributed by atoms with Gasteiger partial charge in [0.1, 0.15) is 12.4 Å². The lowest BCUT2D eigenvalue weighted by Crippen LogP contribution is -2.44. The molecule has 4 nitrogen and oxygen atoms in total. The first kappa shape index (κ1) is 17.5. The lowest BCUT2D eigenvalue weighted by atomic mass is 9.85. The van der Waals surface area contributed by atoms with Gasteiger partial charge in [0, 0.05) is 0 Å². The van der Waals surface area contributed by atoms with Crippen molar-refractivity contribution in [3.8, 4) is 0 Å². The zero-order chi connectivity index (χ0) is 17.0. The number of halogens is 2. The van der Waals surface area contributed by atoms with Crippen molar-refractivity contribution >= 4 is 42.1 Å². The molecule has 3 rings (SSSR count). The minimum atomic E-state index is -0.732. The Morgan fingerprint density at radius 3 is 2.48 bits per heavy atom. The minimum Gasteiger partial charge on any atom is -0.344 e. The van der Waals surface area contributed by atoms with Gasteiger partial charge in [-0.15, -0.1) is 0 Å². The minimum absolute atomic E-state index is 0.365. The Hall–Kier alpha value is -0.300. The summed E-state index contributed by atoms with van der Waals surface area (Å²) in [6.07, 6.45) is -0.587. The number of hydrogen-bond acceptors (Lipinski definition) is 5. The second-order valence-electron chi connectivity index (χ2n) is 6.54. The maximum Gasteiger partial charge on any atom is 0.189 e. The molecular formula is C16H18Cl2O4S. The van der Waals surface area contributed by atoms with E-state index in [1.165, 1.54) is 0 Å². The Morgan fingerprint density at radius 1 is 1.22 bits per heavy atom. The van der Waals surface area contributed by atoms with Gasteiger partial charge < -0.3 is 19.0 Å². The standard InChI is InChI=1S/C16H18Cl2O4S/c1-15(2)21-13-14(22-15)20-12(16(13,3)23)9(7-19)8-4-5-10(17)11(18)6-8/h4-7,9,12-14,23H,1-3H3/t9-,12-,13+,14-,16-/m1/s1. The normalized spacial score (nSPS) is 36.7. The summed E-state index contributed by atoms with van der Waals surface area (Å²) in [6, 6.07) is 5.10. The Bertz CT molecular complexity index is 635. The maximum absolute atomic E-state index is 11.8. The van der Waals surface area contributed by atoms with Gasteiger partial charge in [-0.3, -0.25) is 0 Å². The van der Waals surface area contributed by atoms with Gasteiger partial charge in [-0.25, -0.2) is 0 Å². The molecule has 126 valence electrons. The van der Waals surface area contributed by atoms with Gasteiger partial charge in [0.15, 0.2) is 12.1 Å². The third kappa shape index (κ3) is 3.03. The summed E-state index contributed by atoms with van der Waals surface area (Å²) in [7, 11) is 0. The first-order valence-electron chi connectivity index (χ1n) is 7.29. The summed E-state index contributed by atoms with van der Waals surface area (Å²) in [5.74, 6) is -1.28. The predicted octanol–water partition coefficient (Wildman–Crippen LogP) is 3.84. The van der Waals surface area contributed by atoms with Gasteiger partial charge >= 0.3 is 0 Å². The number of rotatable bonds is 3. The molecular weight excluding hydrogens is 359 g/mol. The second-order valence-corrected chi connectivity index (χ2v) is 8.32. The van der Waals surface area contributed by atoms with E-state index in [1.54, 1.807) is 18.2 Å². The smallest absolute Gasteiger partial charge is 0.189 e. The van der Waals surface area contributed by atoms with E-state index in [0.29, 0.717) is 10.0 Å². The van der Waals surface area contributed by atoms with Crippen LogP contribution in [0.15, 0.2) is 18.2 Å². The zero-order valence-corrected chi connectivity index (χ0v) is 15.4. The maximum atomic E-state index is 11.8. The fourth-order valence-corrected chi connectivity index (χ4v) is 3.86. The lowest BCUT2D eigenvalue weighted by molar-refractivity contribution is -0.208. The third-order valence-corrected chi connectivity index (χ3v) is 5.54. The van der Waals surface area contributed by atoms with Crippen LogP contribution >= 0.6 is 35.8 Å². The van der Waals surface area contributed by atoms with E-state index in [1.807, 2.05) is 20.8 Å². The fraction of sp³-hybridized carbons (Fsp3) is 0.562. The van der Waals surface area contributed by atoms with Crippen LogP contribution in [0.5, 0.6) is 0 Å². The summed E-state index contributed by atoms with van der Waals surface area (Å²) in [5.41, 5.74) is 0.721. The van der Waals surface area contributed by atoms with E-state index in [9.17, 15) is 4.79 Å². The number of carbonyl (C=O) groups is 1. The quantitative estimate of drug-likeness (QED) is 0.642. The summed E-state index contributed by atoms with van der Waals surface area (Å²) < 4.78 is 16.9. The van der Waals surface area contributed by atoms with Crippen LogP contribution in [0.2, 0.25) is 10.0 Å². The highest BCUT2D eigenvalue weighted by molar-refractivity contribution is 7.82. The molecule has 0 radical (unpaired) electrons. The molecule has 2 aliphatic heterocycles. The van der Waals surface area contributed by atoms with Crippen LogP contribution in [0.25, 0.3) is 0 Å². The van der Waals surface area contributed by atoms with Gasteiger partial charge in [-0.05, 0) is 38.5 Å². The van der Waals surface area contributed by atoms with Crippen LogP contribution in [0.4, 0.5) is 0 Å². The SMILES string of the molecule is CC1(C)O[C@H]2O[C@H]([C@H](C=O)c3ccc(Cl)c(Cl)c3)[C@@](C)(S)[C@H]2O1. The van der Waals surface area contributed by atoms with E-state index in [2.05, 4.69) is 0 Å². The van der Waals surface area contributed by atoms with E-state index < -0.39 is 28.8 Å². The Morgan fingerprint density at radius 2 is 1.91 bits per heavy atom. The number of aldehydes is 1. The summed E-state index contributed by atoms with van der Waals surface area (Å²) in [4.78, 5) is 11.8. The van der Waals surface area contributed by atoms with Crippen LogP contribution in [0.3, 0.4) is 0 Å². The van der Waals surface area contributed by atoms with Gasteiger partial charge in [0.05, 0.1) is 26.8 Å². The highest BCUT2D eigenvalue weighted by Crippen LogP contribution is 2.49. The molecule has 0 saturated carbocycles. The van der Waals surface area contributed by atoms with Crippen molar-refractivity contribution < 1.29 is 19.0 Å². The molecule has 0 N–H and O–H groups in total. The number of fused-ring (bicyclic) bond motifs is 1. The molecule has 2 saturated heterocycles. The van der Waals surface area contributed by atoms with Crippen LogP contribution < -0.4 is 0 Å². The van der Waals surface area contributed by atoms with Crippen molar-refractivity contribution in [3.63, 3.8) is 0 Å². The van der Waals surface area contributed by atoms with Crippen molar-refractivity contribution in [1.29, 1.82) is 0 Å². The fourth-order valence-electron chi connectivity index (χ4n) is 3.16. The summed E-state index contributed by atoms with van der Waals surface area (Å²) >= 11 is 16.8. The number of benzene rings is 1. The largest absolute Gasteiger partial charge is 0.344 e. The second kappa shape index (κ2) is 5.90. The van der Waals surface area contributed by atoms with Gasteiger partial charge in [-0.1, -0.05) is 29.3 Å². The molecule has 0 aromatic heterocycles. The highest BCUT2D eigenvalue weighted by Gasteiger charge is 2.61. The lowest BCUT2D eigenvalue weighted by Gasteiger charge is -2.33. The van der Waals surface area contributed by atoms with Crippen molar-refractivity contribution in [3.05, 3.63) is 33.8 Å². The highest BCUT2D eigenvalue weighted by atomic mass is 35.5. The molecule has 5 atom stereocenters. The zero-order valence-electron chi connectivity index (χ0n) is 13.0. The Labute approximate surface area is 150 Å². The number of hydrogen-bond donors (Lipinski definition) is 1. The molecule has 0 amide bonds. The number of ether oxygens (including phenoxy) is 3. The monoisotopic (exact) mass is 376 g/mol. The van der Waals surface area contributed by atoms with Crippen molar-refractivity contribution in [2.24, 2.45) is 0 Å². The molecule has 0 unspecified atom stereocenters. The van der Waals surface area contributed by atoms with E-state index in [0.717, 1.165) is 11.8 Å². The van der Waals surface area contributed by atoms with Gasteiger partial charge in [0.25, 0.3) is 0 Å². The molecule has 0 bridgehead atoms. The predicted molar refractivity (Wildman–Crippen MR) is 91.4 cm³/mol. The Balaban J connectivity index is 1.91. The van der Waals surface area contributed by atoms with E-state index >= 15 is 0 Å². The van der Waals surface area contributed by atoms with Crippen LogP contribution in [0.1, 0.15) is 32.3 Å². The van der Waals surface area contributed by atoms with Crippen LogP contribution in [-0.4, -0.2) is 35.3 Å². The average Bonchev–Trinajstić information content (AvgIpc) is 2.88. The topological polar surface area (TPSA) is 44.8 Å². The summed E-state index contributed by atoms with van der Waals surface area (Å²) in [6.45, 7) is 5.54. The van der Waals surface area contributed by atoms with Crippen molar-refractivity contribution in [1.82, 2.24) is 0 Å². The Kier molecular flexibility index (Phi) is 4.49. The van der Waals surface area contributed by atoms with Gasteiger partial charge in [0.2, 0.25) is 0 Å². The van der Waals surface area contributed by atoms with Crippen molar-refractivity contribution in [2.75, 3.05) is 0 Å². The third-order valence-electron chi connectivity index (χ3n) is 4.29. The molecule has 2 heterocycles. The molecule has 0 aliphatic carbocycles. The molecule has 1 aromatic carbocycles. The number of carbonyl (C=O) groups excluding carboxylic acids is 1. The molecule has 2 fully saturated rings. The van der Waals surface area contributed by atoms with Gasteiger partial charge in [-0.2, -0.15) is 12.6 Å². The first-order chi connectivity index (χ1) is 10.7. The molecule has 0 spiro atoms. The number of thiol groups is 1. The van der Waals surface area contributed by atoms with E-state index in [-0.39, 0.29) is 6.10 Å². The first-order valence-corrected chi connectivity index (χ1v) is 8.50. The molecule has 7 heteroatoms. The summed E-state index contributed by atoms with van der Waals surface area (Å²) in [5, 5.41) is 0.829. The van der Waals surface area contributed by atoms with Crippen LogP contribution in [-0.2, 0) is 19.0 Å². The molecule has 23 heavy (non-hydrogen) atoms. The van der Waals surface area contributed by atoms with Crippen LogP contribution in [0, 0.1) is 0 Å². The molecule has 1 aromatic rings. The van der Waals surface area contributed by atoms with Crippen molar-refractivity contribution in [2.45, 2.75) is 55.7 Å².